The topological polar surface area (TPSA) is 49.8 Å². The zero-order valence-corrected chi connectivity index (χ0v) is 9.10. The van der Waals surface area contributed by atoms with Crippen molar-refractivity contribution in [3.8, 4) is 6.07 Å². The first-order chi connectivity index (χ1) is 6.49. The van der Waals surface area contributed by atoms with Gasteiger partial charge in [0.05, 0.1) is 18.0 Å². The Morgan fingerprint density at radius 1 is 1.57 bits per heavy atom. The predicted octanol–water partition coefficient (Wildman–Crippen LogP) is 2.74. The summed E-state index contributed by atoms with van der Waals surface area (Å²) in [6.45, 7) is 3.77. The molecule has 74 valence electrons. The highest BCUT2D eigenvalue weighted by Crippen LogP contribution is 2.30. The van der Waals surface area contributed by atoms with Gasteiger partial charge < -0.3 is 5.73 Å². The van der Waals surface area contributed by atoms with Gasteiger partial charge in [0.15, 0.2) is 0 Å². The van der Waals surface area contributed by atoms with Crippen molar-refractivity contribution in [1.29, 1.82) is 5.26 Å². The van der Waals surface area contributed by atoms with Crippen LogP contribution in [-0.4, -0.2) is 0 Å². The molecule has 0 spiro atoms. The van der Waals surface area contributed by atoms with Gasteiger partial charge in [-0.1, -0.05) is 23.7 Å². The van der Waals surface area contributed by atoms with Crippen molar-refractivity contribution in [1.82, 2.24) is 0 Å². The summed E-state index contributed by atoms with van der Waals surface area (Å²) in [5.74, 6) is 0. The van der Waals surface area contributed by atoms with Crippen LogP contribution in [0.4, 0.5) is 0 Å². The first-order valence-electron chi connectivity index (χ1n) is 4.40. The Balaban J connectivity index is 3.25. The number of aryl methyl sites for hydroxylation is 1. The molecule has 1 rings (SSSR count). The van der Waals surface area contributed by atoms with Crippen molar-refractivity contribution < 1.29 is 0 Å². The molecule has 3 heteroatoms. The van der Waals surface area contributed by atoms with E-state index in [1.54, 1.807) is 6.07 Å². The number of nitriles is 1. The molecule has 0 amide bonds. The van der Waals surface area contributed by atoms with Crippen molar-refractivity contribution in [2.45, 2.75) is 25.8 Å². The zero-order valence-electron chi connectivity index (χ0n) is 8.34. The Bertz CT molecular complexity index is 357. The van der Waals surface area contributed by atoms with Crippen molar-refractivity contribution in [2.75, 3.05) is 0 Å². The molecule has 1 aromatic carbocycles. The summed E-state index contributed by atoms with van der Waals surface area (Å²) < 4.78 is 0. The van der Waals surface area contributed by atoms with Gasteiger partial charge in [-0.25, -0.2) is 0 Å². The molecule has 0 fully saturated rings. The van der Waals surface area contributed by atoms with Gasteiger partial charge in [-0.05, 0) is 31.0 Å². The highest BCUT2D eigenvalue weighted by atomic mass is 35.5. The minimum absolute atomic E-state index is 0.261. The van der Waals surface area contributed by atoms with E-state index >= 15 is 0 Å². The van der Waals surface area contributed by atoms with E-state index in [9.17, 15) is 0 Å². The van der Waals surface area contributed by atoms with Crippen LogP contribution in [0.3, 0.4) is 0 Å². The van der Waals surface area contributed by atoms with Gasteiger partial charge in [0.25, 0.3) is 0 Å². The van der Waals surface area contributed by atoms with Gasteiger partial charge in [-0.2, -0.15) is 5.26 Å². The Labute approximate surface area is 89.3 Å². The van der Waals surface area contributed by atoms with Crippen LogP contribution in [0.2, 0.25) is 5.02 Å². The van der Waals surface area contributed by atoms with E-state index in [1.165, 1.54) is 0 Å². The van der Waals surface area contributed by atoms with Crippen LogP contribution < -0.4 is 5.73 Å². The summed E-state index contributed by atoms with van der Waals surface area (Å²) >= 11 is 6.06. The fourth-order valence-corrected chi connectivity index (χ4v) is 2.05. The largest absolute Gasteiger partial charge is 0.321 e. The molecule has 0 saturated carbocycles. The van der Waals surface area contributed by atoms with Gasteiger partial charge in [-0.15, -0.1) is 0 Å². The smallest absolute Gasteiger partial charge is 0.0644 e. The van der Waals surface area contributed by atoms with Gasteiger partial charge >= 0.3 is 0 Å². The average Bonchev–Trinajstić information content (AvgIpc) is 2.02. The summed E-state index contributed by atoms with van der Waals surface area (Å²) in [5, 5.41) is 9.30. The summed E-state index contributed by atoms with van der Waals surface area (Å²) in [6, 6.07) is 7.70. The van der Waals surface area contributed by atoms with Gasteiger partial charge in [0.2, 0.25) is 0 Å². The second-order valence-corrected chi connectivity index (χ2v) is 4.09. The van der Waals surface area contributed by atoms with Crippen molar-refractivity contribution in [2.24, 2.45) is 5.73 Å². The molecule has 1 aromatic rings. The Morgan fingerprint density at radius 2 is 2.21 bits per heavy atom. The first-order valence-corrected chi connectivity index (χ1v) is 4.78. The monoisotopic (exact) mass is 208 g/mol. The van der Waals surface area contributed by atoms with Crippen molar-refractivity contribution in [3.63, 3.8) is 0 Å². The van der Waals surface area contributed by atoms with E-state index in [0.29, 0.717) is 5.02 Å². The van der Waals surface area contributed by atoms with Crippen LogP contribution in [-0.2, 0) is 5.54 Å². The third-order valence-electron chi connectivity index (χ3n) is 2.24. The summed E-state index contributed by atoms with van der Waals surface area (Å²) in [5.41, 5.74) is 7.26. The summed E-state index contributed by atoms with van der Waals surface area (Å²) in [6.07, 6.45) is 0.261. The molecule has 0 saturated heterocycles. The number of nitrogens with two attached hydrogens (primary N) is 1. The van der Waals surface area contributed by atoms with Gasteiger partial charge in [0.1, 0.15) is 0 Å². The molecule has 1 unspecified atom stereocenters. The zero-order chi connectivity index (χ0) is 10.8. The highest BCUT2D eigenvalue weighted by Gasteiger charge is 2.25. The lowest BCUT2D eigenvalue weighted by atomic mass is 9.87. The third-order valence-corrected chi connectivity index (χ3v) is 2.55. The molecule has 2 nitrogen and oxygen atoms in total. The lowest BCUT2D eigenvalue weighted by Crippen LogP contribution is -2.33. The van der Waals surface area contributed by atoms with E-state index < -0.39 is 5.54 Å². The Kier molecular flexibility index (Phi) is 3.15. The van der Waals surface area contributed by atoms with Crippen LogP contribution in [0, 0.1) is 18.3 Å². The molecular weight excluding hydrogens is 196 g/mol. The molecule has 0 bridgehead atoms. The number of hydrogen-bond donors (Lipinski definition) is 1. The number of halogens is 1. The minimum atomic E-state index is -0.669. The molecule has 0 heterocycles. The maximum Gasteiger partial charge on any atom is 0.0644 e. The fourth-order valence-electron chi connectivity index (χ4n) is 1.61. The molecule has 0 aliphatic rings. The third kappa shape index (κ3) is 2.06. The Morgan fingerprint density at radius 3 is 2.71 bits per heavy atom. The fraction of sp³-hybridized carbons (Fsp3) is 0.364. The van der Waals surface area contributed by atoms with Crippen LogP contribution in [0.25, 0.3) is 0 Å². The Hall–Kier alpha value is -1.04. The normalized spacial score (nSPS) is 14.5. The quantitative estimate of drug-likeness (QED) is 0.813. The number of benzene rings is 1. The first kappa shape index (κ1) is 11.0. The summed E-state index contributed by atoms with van der Waals surface area (Å²) in [4.78, 5) is 0. The minimum Gasteiger partial charge on any atom is -0.321 e. The summed E-state index contributed by atoms with van der Waals surface area (Å²) in [7, 11) is 0. The maximum atomic E-state index is 8.67. The molecule has 1 atom stereocenters. The van der Waals surface area contributed by atoms with E-state index in [-0.39, 0.29) is 6.42 Å². The van der Waals surface area contributed by atoms with Crippen LogP contribution in [0.1, 0.15) is 24.5 Å². The van der Waals surface area contributed by atoms with E-state index in [0.717, 1.165) is 11.1 Å². The SMILES string of the molecule is Cc1cccc(Cl)c1C(C)(N)CC#N. The molecule has 14 heavy (non-hydrogen) atoms. The molecule has 0 aliphatic carbocycles. The predicted molar refractivity (Wildman–Crippen MR) is 58.0 cm³/mol. The van der Waals surface area contributed by atoms with Gasteiger partial charge in [-0.3, -0.25) is 0 Å². The van der Waals surface area contributed by atoms with Crippen LogP contribution in [0.15, 0.2) is 18.2 Å². The number of rotatable bonds is 2. The molecule has 2 N–H and O–H groups in total. The second-order valence-electron chi connectivity index (χ2n) is 3.68. The van der Waals surface area contributed by atoms with Crippen molar-refractivity contribution >= 4 is 11.6 Å². The lowest BCUT2D eigenvalue weighted by Gasteiger charge is -2.25. The number of hydrogen-bond acceptors (Lipinski definition) is 2. The molecular formula is C11H13ClN2. The van der Waals surface area contributed by atoms with Crippen molar-refractivity contribution in [3.05, 3.63) is 34.3 Å². The maximum absolute atomic E-state index is 8.67. The molecule has 0 aliphatic heterocycles. The molecule has 0 radical (unpaired) electrons. The van der Waals surface area contributed by atoms with Crippen LogP contribution >= 0.6 is 11.6 Å². The number of nitrogens with zero attached hydrogens (tertiary/aromatic N) is 1. The lowest BCUT2D eigenvalue weighted by molar-refractivity contribution is 0.505. The van der Waals surface area contributed by atoms with E-state index in [2.05, 4.69) is 6.07 Å². The highest BCUT2D eigenvalue weighted by molar-refractivity contribution is 6.31. The van der Waals surface area contributed by atoms with E-state index in [1.807, 2.05) is 26.0 Å². The standard InChI is InChI=1S/C11H13ClN2/c1-8-4-3-5-9(12)10(8)11(2,14)6-7-13/h3-5H,6,14H2,1-2H3. The molecule has 0 aromatic heterocycles. The van der Waals surface area contributed by atoms with Crippen LogP contribution in [0.5, 0.6) is 0 Å². The van der Waals surface area contributed by atoms with Gasteiger partial charge in [0, 0.05) is 5.02 Å². The van der Waals surface area contributed by atoms with E-state index in [4.69, 9.17) is 22.6 Å². The average molecular weight is 209 g/mol. The second kappa shape index (κ2) is 4.00.